The van der Waals surface area contributed by atoms with Crippen LogP contribution in [-0.2, 0) is 0 Å². The summed E-state index contributed by atoms with van der Waals surface area (Å²) in [6.07, 6.45) is 2.25. The van der Waals surface area contributed by atoms with Crippen LogP contribution in [-0.4, -0.2) is 39.2 Å². The number of amides is 1. The number of nitrogens with zero attached hydrogens (tertiary/aromatic N) is 3. The van der Waals surface area contributed by atoms with Crippen LogP contribution in [0, 0.1) is 18.8 Å². The van der Waals surface area contributed by atoms with Crippen LogP contribution in [0.15, 0.2) is 11.6 Å². The molecule has 21 heavy (non-hydrogen) atoms. The Balaban J connectivity index is 2.17. The first-order chi connectivity index (χ1) is 9.97. The van der Waals surface area contributed by atoms with Crippen LogP contribution < -0.4 is 5.73 Å². The zero-order chi connectivity index (χ0) is 15.4. The lowest BCUT2D eigenvalue weighted by Crippen LogP contribution is -2.30. The number of halogens is 1. The molecule has 0 spiro atoms. The van der Waals surface area contributed by atoms with Crippen LogP contribution in [0.25, 0.3) is 0 Å². The number of carboxylic acid groups (broad SMARTS) is 1. The molecule has 1 aliphatic rings. The van der Waals surface area contributed by atoms with Gasteiger partial charge in [0.2, 0.25) is 0 Å². The lowest BCUT2D eigenvalue weighted by molar-refractivity contribution is 0.147. The molecule has 1 aromatic rings. The van der Waals surface area contributed by atoms with Gasteiger partial charge < -0.3 is 15.7 Å². The van der Waals surface area contributed by atoms with Crippen LogP contribution in [0.2, 0.25) is 5.15 Å². The average molecular weight is 307 g/mol. The number of nitrogens with two attached hydrogens (primary N) is 1. The number of hydrogen-bond donors (Lipinski definition) is 2. The van der Waals surface area contributed by atoms with Gasteiger partial charge in [0.1, 0.15) is 17.2 Å². The first kappa shape index (κ1) is 15.1. The Morgan fingerprint density at radius 2 is 2.19 bits per heavy atom. The number of aromatic nitrogens is 2. The van der Waals surface area contributed by atoms with Gasteiger partial charge in [-0.1, -0.05) is 29.5 Å². The van der Waals surface area contributed by atoms with E-state index in [1.54, 1.807) is 6.92 Å². The maximum absolute atomic E-state index is 10.9. The van der Waals surface area contributed by atoms with Crippen molar-refractivity contribution < 1.29 is 9.90 Å². The molecule has 0 saturated carbocycles. The Bertz CT molecular complexity index is 638. The molecule has 0 bridgehead atoms. The highest BCUT2D eigenvalue weighted by molar-refractivity contribution is 6.30. The van der Waals surface area contributed by atoms with Gasteiger partial charge in [0.25, 0.3) is 0 Å². The van der Waals surface area contributed by atoms with Gasteiger partial charge >= 0.3 is 6.09 Å². The molecule has 0 atom stereocenters. The number of anilines is 1. The quantitative estimate of drug-likeness (QED) is 0.565. The molecule has 1 amide bonds. The largest absolute Gasteiger partial charge is 0.465 e. The minimum Gasteiger partial charge on any atom is -0.465 e. The van der Waals surface area contributed by atoms with E-state index in [1.807, 2.05) is 6.08 Å². The molecule has 0 fully saturated rings. The minimum atomic E-state index is -0.906. The Labute approximate surface area is 127 Å². The van der Waals surface area contributed by atoms with E-state index >= 15 is 0 Å². The van der Waals surface area contributed by atoms with Crippen LogP contribution in [0.5, 0.6) is 0 Å². The van der Waals surface area contributed by atoms with Gasteiger partial charge in [0.15, 0.2) is 5.15 Å². The Kier molecular flexibility index (Phi) is 4.66. The van der Waals surface area contributed by atoms with Gasteiger partial charge in [0.05, 0.1) is 0 Å². The molecule has 6 nitrogen and oxygen atoms in total. The Morgan fingerprint density at radius 1 is 1.43 bits per heavy atom. The zero-order valence-electron chi connectivity index (χ0n) is 11.6. The van der Waals surface area contributed by atoms with Gasteiger partial charge in [-0.05, 0) is 19.8 Å². The van der Waals surface area contributed by atoms with E-state index in [0.717, 1.165) is 5.57 Å². The fourth-order valence-corrected chi connectivity index (χ4v) is 2.25. The summed E-state index contributed by atoms with van der Waals surface area (Å²) in [5.74, 6) is 6.61. The number of nitrogen functional groups attached to an aromatic ring is 1. The summed E-state index contributed by atoms with van der Waals surface area (Å²) >= 11 is 6.01. The lowest BCUT2D eigenvalue weighted by atomic mass is 10.1. The normalized spacial score (nSPS) is 14.8. The van der Waals surface area contributed by atoms with E-state index in [1.165, 1.54) is 4.90 Å². The third-order valence-corrected chi connectivity index (χ3v) is 3.34. The summed E-state index contributed by atoms with van der Waals surface area (Å²) in [6.45, 7) is 2.62. The molecule has 0 saturated heterocycles. The number of rotatable bonds is 0. The standard InChI is InChI=1S/C14H15ClN4O2/c1-9-17-12(15)11(13(16)18-9)5-4-10-3-2-7-19(8-6-10)14(20)21/h3H,2,6-8H2,1H3,(H,20,21)(H2,16,17,18). The molecule has 7 heteroatoms. The van der Waals surface area contributed by atoms with E-state index in [0.29, 0.717) is 37.3 Å². The highest BCUT2D eigenvalue weighted by Crippen LogP contribution is 2.18. The summed E-state index contributed by atoms with van der Waals surface area (Å²) < 4.78 is 0. The molecule has 1 aliphatic heterocycles. The third kappa shape index (κ3) is 3.86. The van der Waals surface area contributed by atoms with Crippen LogP contribution in [0.4, 0.5) is 10.6 Å². The molecule has 0 aromatic carbocycles. The van der Waals surface area contributed by atoms with Crippen molar-refractivity contribution in [2.45, 2.75) is 19.8 Å². The van der Waals surface area contributed by atoms with Crippen molar-refractivity contribution >= 4 is 23.5 Å². The highest BCUT2D eigenvalue weighted by Gasteiger charge is 2.14. The summed E-state index contributed by atoms with van der Waals surface area (Å²) in [6, 6.07) is 0. The number of aryl methyl sites for hydroxylation is 1. The molecule has 0 radical (unpaired) electrons. The maximum atomic E-state index is 10.9. The number of carbonyl (C=O) groups is 1. The Morgan fingerprint density at radius 3 is 2.86 bits per heavy atom. The molecule has 1 aromatic heterocycles. The van der Waals surface area contributed by atoms with E-state index in [2.05, 4.69) is 21.8 Å². The van der Waals surface area contributed by atoms with Crippen molar-refractivity contribution in [3.8, 4) is 11.8 Å². The fourth-order valence-electron chi connectivity index (χ4n) is 1.99. The lowest BCUT2D eigenvalue weighted by Gasteiger charge is -2.15. The molecular weight excluding hydrogens is 292 g/mol. The van der Waals surface area contributed by atoms with E-state index in [9.17, 15) is 4.79 Å². The smallest absolute Gasteiger partial charge is 0.407 e. The van der Waals surface area contributed by atoms with Crippen molar-refractivity contribution in [3.63, 3.8) is 0 Å². The molecule has 3 N–H and O–H groups in total. The van der Waals surface area contributed by atoms with Gasteiger partial charge in [-0.2, -0.15) is 0 Å². The van der Waals surface area contributed by atoms with Gasteiger partial charge in [0, 0.05) is 18.7 Å². The minimum absolute atomic E-state index is 0.230. The predicted molar refractivity (Wildman–Crippen MR) is 80.0 cm³/mol. The monoisotopic (exact) mass is 306 g/mol. The van der Waals surface area contributed by atoms with Crippen LogP contribution in [0.1, 0.15) is 24.2 Å². The molecule has 0 unspecified atom stereocenters. The number of hydrogen-bond acceptors (Lipinski definition) is 4. The molecule has 2 heterocycles. The van der Waals surface area contributed by atoms with Crippen molar-refractivity contribution in [1.29, 1.82) is 0 Å². The van der Waals surface area contributed by atoms with Crippen molar-refractivity contribution in [2.75, 3.05) is 18.8 Å². The van der Waals surface area contributed by atoms with E-state index in [-0.39, 0.29) is 11.0 Å². The molecular formula is C14H15ClN4O2. The van der Waals surface area contributed by atoms with Crippen molar-refractivity contribution in [1.82, 2.24) is 14.9 Å². The fraction of sp³-hybridized carbons (Fsp3) is 0.357. The predicted octanol–water partition coefficient (Wildman–Crippen LogP) is 2.07. The van der Waals surface area contributed by atoms with Gasteiger partial charge in [-0.15, -0.1) is 0 Å². The van der Waals surface area contributed by atoms with Gasteiger partial charge in [-0.3, -0.25) is 0 Å². The first-order valence-corrected chi connectivity index (χ1v) is 6.83. The second-order valence-electron chi connectivity index (χ2n) is 4.61. The second-order valence-corrected chi connectivity index (χ2v) is 4.97. The average Bonchev–Trinajstić information content (AvgIpc) is 2.63. The first-order valence-electron chi connectivity index (χ1n) is 6.46. The highest BCUT2D eigenvalue weighted by atomic mass is 35.5. The second kappa shape index (κ2) is 6.46. The topological polar surface area (TPSA) is 92.3 Å². The van der Waals surface area contributed by atoms with E-state index < -0.39 is 6.09 Å². The molecule has 0 aliphatic carbocycles. The Hall–Kier alpha value is -2.26. The maximum Gasteiger partial charge on any atom is 0.407 e. The zero-order valence-corrected chi connectivity index (χ0v) is 12.3. The SMILES string of the molecule is Cc1nc(N)c(C#CC2=CCCN(C(=O)O)CC2)c(Cl)n1. The van der Waals surface area contributed by atoms with Gasteiger partial charge in [-0.25, -0.2) is 14.8 Å². The van der Waals surface area contributed by atoms with Crippen molar-refractivity contribution in [2.24, 2.45) is 0 Å². The summed E-state index contributed by atoms with van der Waals surface area (Å²) in [4.78, 5) is 20.4. The van der Waals surface area contributed by atoms with Crippen LogP contribution in [0.3, 0.4) is 0 Å². The van der Waals surface area contributed by atoms with E-state index in [4.69, 9.17) is 22.4 Å². The molecule has 2 rings (SSSR count). The molecule has 110 valence electrons. The summed E-state index contributed by atoms with van der Waals surface area (Å²) in [5, 5.41) is 9.20. The third-order valence-electron chi connectivity index (χ3n) is 3.06. The summed E-state index contributed by atoms with van der Waals surface area (Å²) in [7, 11) is 0. The summed E-state index contributed by atoms with van der Waals surface area (Å²) in [5.41, 5.74) is 7.06. The van der Waals surface area contributed by atoms with Crippen LogP contribution >= 0.6 is 11.6 Å². The van der Waals surface area contributed by atoms with Crippen molar-refractivity contribution in [3.05, 3.63) is 28.2 Å².